The number of aromatic amines is 1. The third kappa shape index (κ3) is 13.9. The quantitative estimate of drug-likeness (QED) is 0.0946. The Hall–Kier alpha value is -4.28. The van der Waals surface area contributed by atoms with Crippen molar-refractivity contribution in [1.82, 2.24) is 39.3 Å². The molecule has 0 aliphatic rings. The van der Waals surface area contributed by atoms with E-state index in [1.807, 2.05) is 0 Å². The van der Waals surface area contributed by atoms with E-state index >= 15 is 0 Å². The van der Waals surface area contributed by atoms with E-state index in [1.54, 1.807) is 0 Å². The molecule has 0 spiro atoms. The molecule has 4 heterocycles. The summed E-state index contributed by atoms with van der Waals surface area (Å²) in [4.78, 5) is 0. The zero-order valence-corrected chi connectivity index (χ0v) is 31.2. The standard InChI is InChI=1S/C15H4BF18N6.C5H2F6N2.CHF3O3S.Sn/c17-10(18,19)4-1-7(13(26,27)28)38(35-4)16(39-8(14(29,30)31)2-5(36-39)11(20,21)22)40-9(15(32,33)34)3-6(37-40)12(23,24)25;6-4(7,8)2-1-3(13-12-2)5(9,10)11;2-1(3,4)8(5,6)7;/h1-3,16H;1H,(H,12,13);(H,5,6,7);/q-1;;;+2/p-1. The van der Waals surface area contributed by atoms with Gasteiger partial charge in [0.25, 0.3) is 0 Å². The number of halogens is 27. The molecule has 0 aliphatic heterocycles. The monoisotopic (exact) mass is 1090 g/mol. The number of alkyl halides is 27. The maximum absolute atomic E-state index is 13.6. The van der Waals surface area contributed by atoms with E-state index in [4.69, 9.17) is 13.0 Å². The predicted octanol–water partition coefficient (Wildman–Crippen LogP) is 8.17. The summed E-state index contributed by atoms with van der Waals surface area (Å²) in [6, 6.07) is -2.91. The number of nitrogens with one attached hydrogen (secondary N) is 1. The van der Waals surface area contributed by atoms with Gasteiger partial charge in [0.1, 0.15) is 22.8 Å². The number of rotatable bonds is 3. The Morgan fingerprint density at radius 2 is 0.677 bits per heavy atom. The molecule has 4 rings (SSSR count). The van der Waals surface area contributed by atoms with Crippen LogP contribution in [0.15, 0.2) is 24.3 Å². The van der Waals surface area contributed by atoms with Gasteiger partial charge >= 0.3 is 85.9 Å². The molecule has 0 atom stereocenters. The summed E-state index contributed by atoms with van der Waals surface area (Å²) in [5, 5.41) is 10.6. The van der Waals surface area contributed by atoms with Gasteiger partial charge in [0.2, 0.25) is 0 Å². The van der Waals surface area contributed by atoms with E-state index < -0.39 is 150 Å². The van der Waals surface area contributed by atoms with Crippen LogP contribution >= 0.6 is 0 Å². The van der Waals surface area contributed by atoms with Crippen molar-refractivity contribution in [2.45, 2.75) is 54.9 Å². The van der Waals surface area contributed by atoms with Crippen LogP contribution in [0.4, 0.5) is 119 Å². The Labute approximate surface area is 336 Å². The molecular formula is C21H6BF27N8O3SSn. The molecule has 350 valence electrons. The zero-order chi connectivity index (χ0) is 48.3. The van der Waals surface area contributed by atoms with Crippen LogP contribution in [0.2, 0.25) is 0 Å². The summed E-state index contributed by atoms with van der Waals surface area (Å²) in [6.45, 7) is 0. The molecule has 0 saturated carbocycles. The van der Waals surface area contributed by atoms with Crippen LogP contribution in [0.1, 0.15) is 45.6 Å². The van der Waals surface area contributed by atoms with E-state index in [0.29, 0.717) is 0 Å². The topological polar surface area (TPSA) is 139 Å². The van der Waals surface area contributed by atoms with Gasteiger partial charge in [-0.25, -0.2) is 23.7 Å². The fourth-order valence-electron chi connectivity index (χ4n) is 3.99. The average molecular weight is 1090 g/mol. The molecule has 0 bridgehead atoms. The summed E-state index contributed by atoms with van der Waals surface area (Å²) in [6.07, 6.45) is -45.8. The molecule has 0 amide bonds. The summed E-state index contributed by atoms with van der Waals surface area (Å²) < 4.78 is 367. The van der Waals surface area contributed by atoms with E-state index in [0.717, 1.165) is 0 Å². The summed E-state index contributed by atoms with van der Waals surface area (Å²) in [5.74, 6) is 0. The van der Waals surface area contributed by atoms with Crippen molar-refractivity contribution in [2.24, 2.45) is 0 Å². The SMILES string of the molecule is FC(F)(F)c1cc(C(F)(F)F)[nH]n1.FC(F)(F)c1cc(C(F)(F)F)n([BH-](n2nc(C(F)(F)F)cc2C(F)(F)F)n2nc(C(F)(F)F)cc2C(F)(F)F)n1.O=S(=O)([O-])C(F)(F)F.[Sn+2]. The average Bonchev–Trinajstić information content (AvgIpc) is 3.79. The third-order valence-electron chi connectivity index (χ3n) is 6.34. The molecule has 0 fully saturated rings. The number of nitrogens with zero attached hydrogens (tertiary/aromatic N) is 7. The molecule has 0 aliphatic carbocycles. The van der Waals surface area contributed by atoms with Gasteiger partial charge in [0.15, 0.2) is 32.9 Å². The number of hydrogen-bond donors (Lipinski definition) is 1. The van der Waals surface area contributed by atoms with Gasteiger partial charge in [-0.3, -0.25) is 5.10 Å². The first kappa shape index (κ1) is 55.7. The van der Waals surface area contributed by atoms with Gasteiger partial charge in [-0.2, -0.15) is 124 Å². The van der Waals surface area contributed by atoms with Crippen molar-refractivity contribution in [3.63, 3.8) is 0 Å². The predicted molar refractivity (Wildman–Crippen MR) is 140 cm³/mol. The Balaban J connectivity index is 0.000000714. The van der Waals surface area contributed by atoms with Crippen LogP contribution in [-0.2, 0) is 59.5 Å². The van der Waals surface area contributed by atoms with Crippen LogP contribution in [0.5, 0.6) is 0 Å². The fraction of sp³-hybridized carbons (Fsp3) is 0.429. The minimum absolute atomic E-state index is 0. The van der Waals surface area contributed by atoms with Crippen molar-refractivity contribution < 1.29 is 132 Å². The van der Waals surface area contributed by atoms with Crippen LogP contribution in [0, 0.1) is 0 Å². The van der Waals surface area contributed by atoms with Crippen molar-refractivity contribution in [2.75, 3.05) is 0 Å². The molecule has 4 aromatic heterocycles. The number of aromatic nitrogens is 8. The maximum Gasteiger partial charge on any atom is 2.00 e. The molecule has 62 heavy (non-hydrogen) atoms. The first-order chi connectivity index (χ1) is 26.6. The molecule has 41 heteroatoms. The normalized spacial score (nSPS) is 14.0. The van der Waals surface area contributed by atoms with Gasteiger partial charge < -0.3 is 18.3 Å². The molecule has 11 nitrogen and oxygen atoms in total. The van der Waals surface area contributed by atoms with E-state index in [1.165, 1.54) is 5.10 Å². The van der Waals surface area contributed by atoms with Gasteiger partial charge in [-0.1, -0.05) is 0 Å². The van der Waals surface area contributed by atoms with Crippen LogP contribution in [-0.4, -0.2) is 88.8 Å². The van der Waals surface area contributed by atoms with Crippen LogP contribution in [0.3, 0.4) is 0 Å². The molecule has 0 aromatic carbocycles. The van der Waals surface area contributed by atoms with Crippen LogP contribution < -0.4 is 0 Å². The van der Waals surface area contributed by atoms with Gasteiger partial charge in [-0.05, 0) is 18.2 Å². The van der Waals surface area contributed by atoms with E-state index in [9.17, 15) is 119 Å². The Kier molecular flexibility index (Phi) is 15.6. The Morgan fingerprint density at radius 3 is 0.823 bits per heavy atom. The first-order valence-electron chi connectivity index (χ1n) is 13.7. The van der Waals surface area contributed by atoms with E-state index in [-0.39, 0.29) is 30.0 Å². The molecule has 1 N–H and O–H groups in total. The van der Waals surface area contributed by atoms with Crippen LogP contribution in [0.25, 0.3) is 0 Å². The fourth-order valence-corrected chi connectivity index (χ4v) is 3.99. The second kappa shape index (κ2) is 17.4. The van der Waals surface area contributed by atoms with Crippen molar-refractivity contribution in [3.05, 3.63) is 69.8 Å². The largest absolute Gasteiger partial charge is 2.00 e. The van der Waals surface area contributed by atoms with Crippen molar-refractivity contribution in [3.8, 4) is 0 Å². The second-order valence-electron chi connectivity index (χ2n) is 10.7. The zero-order valence-electron chi connectivity index (χ0n) is 27.5. The summed E-state index contributed by atoms with van der Waals surface area (Å²) in [7, 11) is -11.4. The molecular weight excluding hydrogens is 1090 g/mol. The number of hydrogen-bond acceptors (Lipinski definition) is 7. The minimum Gasteiger partial charge on any atom is -0.741 e. The molecule has 4 aromatic rings. The third-order valence-corrected chi connectivity index (χ3v) is 6.91. The Bertz CT molecular complexity index is 2050. The number of H-pyrrole nitrogens is 1. The smallest absolute Gasteiger partial charge is 0.741 e. The summed E-state index contributed by atoms with van der Waals surface area (Å²) in [5.41, 5.74) is -25.1. The Morgan fingerprint density at radius 1 is 0.435 bits per heavy atom. The molecule has 0 saturated heterocycles. The maximum atomic E-state index is 13.6. The van der Waals surface area contributed by atoms with Gasteiger partial charge in [0.05, 0.1) is 0 Å². The minimum atomic E-state index is -6.13. The summed E-state index contributed by atoms with van der Waals surface area (Å²) >= 11 is 0. The van der Waals surface area contributed by atoms with E-state index in [2.05, 4.69) is 20.4 Å². The molecule has 2 radical (unpaired) electrons. The first-order valence-corrected chi connectivity index (χ1v) is 15.1. The molecule has 0 unspecified atom stereocenters. The second-order valence-corrected chi connectivity index (χ2v) is 12.1. The van der Waals surface area contributed by atoms with Crippen molar-refractivity contribution in [1.29, 1.82) is 0 Å². The van der Waals surface area contributed by atoms with Crippen molar-refractivity contribution >= 4 is 41.1 Å². The van der Waals surface area contributed by atoms with Gasteiger partial charge in [-0.15, -0.1) is 0 Å². The van der Waals surface area contributed by atoms with Gasteiger partial charge in [0, 0.05) is 6.07 Å².